The molecule has 1 heterocycles. The average molecular weight is 343 g/mol. The number of methoxy groups -OCH3 is 2. The van der Waals surface area contributed by atoms with Crippen LogP contribution in [0.3, 0.4) is 0 Å². The van der Waals surface area contributed by atoms with Crippen LogP contribution in [0.15, 0.2) is 46.6 Å². The Kier molecular flexibility index (Phi) is 5.99. The summed E-state index contributed by atoms with van der Waals surface area (Å²) in [4.78, 5) is 26.8. The first-order valence-electron chi connectivity index (χ1n) is 7.22. The maximum absolute atomic E-state index is 11.5. The van der Waals surface area contributed by atoms with Gasteiger partial charge >= 0.3 is 6.09 Å². The average Bonchev–Trinajstić information content (AvgIpc) is 2.60. The van der Waals surface area contributed by atoms with Gasteiger partial charge in [-0.05, 0) is 24.3 Å². The van der Waals surface area contributed by atoms with E-state index in [-0.39, 0.29) is 23.2 Å². The SMILES string of the molecule is COC(=O)Nc1nc(NC(C)=O)ccc1N=Nc1ccccc1OC. The van der Waals surface area contributed by atoms with E-state index in [4.69, 9.17) is 4.74 Å². The monoisotopic (exact) mass is 343 g/mol. The Bertz CT molecular complexity index is 807. The van der Waals surface area contributed by atoms with Crippen LogP contribution in [0.25, 0.3) is 0 Å². The summed E-state index contributed by atoms with van der Waals surface area (Å²) in [6.07, 6.45) is -0.721. The number of hydrogen-bond acceptors (Lipinski definition) is 7. The number of pyridine rings is 1. The molecule has 0 fully saturated rings. The standard InChI is InChI=1S/C16H17N5O4/c1-10(22)17-14-9-8-12(15(18-14)19-16(23)25-3)21-20-11-6-4-5-7-13(11)24-2/h4-9H,1-3H3,(H2,17,18,19,22,23). The highest BCUT2D eigenvalue weighted by atomic mass is 16.5. The Morgan fingerprint density at radius 3 is 2.40 bits per heavy atom. The van der Waals surface area contributed by atoms with Crippen LogP contribution in [0.4, 0.5) is 27.8 Å². The largest absolute Gasteiger partial charge is 0.494 e. The molecule has 9 heteroatoms. The van der Waals surface area contributed by atoms with Gasteiger partial charge in [0, 0.05) is 6.92 Å². The third kappa shape index (κ3) is 4.99. The Labute approximate surface area is 144 Å². The molecule has 0 radical (unpaired) electrons. The van der Waals surface area contributed by atoms with E-state index < -0.39 is 6.09 Å². The maximum atomic E-state index is 11.5. The minimum absolute atomic E-state index is 0.0942. The highest BCUT2D eigenvalue weighted by molar-refractivity contribution is 5.90. The first-order chi connectivity index (χ1) is 12.0. The molecule has 2 rings (SSSR count). The molecule has 25 heavy (non-hydrogen) atoms. The summed E-state index contributed by atoms with van der Waals surface area (Å²) >= 11 is 0. The molecule has 0 saturated carbocycles. The number of nitrogens with zero attached hydrogens (tertiary/aromatic N) is 3. The Morgan fingerprint density at radius 2 is 1.72 bits per heavy atom. The van der Waals surface area contributed by atoms with Crippen molar-refractivity contribution in [3.63, 3.8) is 0 Å². The summed E-state index contributed by atoms with van der Waals surface area (Å²) in [7, 11) is 2.76. The third-order valence-electron chi connectivity index (χ3n) is 2.93. The molecule has 2 aromatic rings. The predicted octanol–water partition coefficient (Wildman–Crippen LogP) is 3.64. The molecule has 0 unspecified atom stereocenters. The summed E-state index contributed by atoms with van der Waals surface area (Å²) in [6.45, 7) is 1.35. The van der Waals surface area contributed by atoms with Crippen molar-refractivity contribution in [3.8, 4) is 5.75 Å². The molecule has 2 N–H and O–H groups in total. The molecule has 130 valence electrons. The van der Waals surface area contributed by atoms with Gasteiger partial charge in [0.25, 0.3) is 0 Å². The van der Waals surface area contributed by atoms with Gasteiger partial charge in [-0.15, -0.1) is 10.2 Å². The van der Waals surface area contributed by atoms with Gasteiger partial charge in [-0.3, -0.25) is 10.1 Å². The molecule has 1 aromatic heterocycles. The van der Waals surface area contributed by atoms with Crippen LogP contribution in [0.1, 0.15) is 6.92 Å². The number of carbonyl (C=O) groups is 2. The van der Waals surface area contributed by atoms with Gasteiger partial charge in [-0.25, -0.2) is 9.78 Å². The summed E-state index contributed by atoms with van der Waals surface area (Å²) < 4.78 is 9.76. The second-order valence-corrected chi connectivity index (χ2v) is 4.73. The number of para-hydroxylation sites is 1. The van der Waals surface area contributed by atoms with Gasteiger partial charge in [-0.1, -0.05) is 12.1 Å². The molecule has 0 spiro atoms. The lowest BCUT2D eigenvalue weighted by atomic mass is 10.3. The van der Waals surface area contributed by atoms with E-state index in [1.165, 1.54) is 21.1 Å². The zero-order valence-corrected chi connectivity index (χ0v) is 13.9. The molecule has 0 saturated heterocycles. The summed E-state index contributed by atoms with van der Waals surface area (Å²) in [6, 6.07) is 10.2. The van der Waals surface area contributed by atoms with Crippen molar-refractivity contribution in [1.82, 2.24) is 4.98 Å². The van der Waals surface area contributed by atoms with E-state index in [1.807, 2.05) is 6.07 Å². The fraction of sp³-hybridized carbons (Fsp3) is 0.188. The lowest BCUT2D eigenvalue weighted by molar-refractivity contribution is -0.114. The number of aromatic nitrogens is 1. The van der Waals surface area contributed by atoms with Crippen LogP contribution >= 0.6 is 0 Å². The van der Waals surface area contributed by atoms with Crippen LogP contribution in [-0.2, 0) is 9.53 Å². The number of ether oxygens (including phenoxy) is 2. The zero-order valence-electron chi connectivity index (χ0n) is 13.9. The van der Waals surface area contributed by atoms with Crippen molar-refractivity contribution in [3.05, 3.63) is 36.4 Å². The fourth-order valence-corrected chi connectivity index (χ4v) is 1.84. The smallest absolute Gasteiger partial charge is 0.412 e. The minimum atomic E-state index is -0.721. The van der Waals surface area contributed by atoms with Crippen molar-refractivity contribution in [2.45, 2.75) is 6.92 Å². The predicted molar refractivity (Wildman–Crippen MR) is 91.7 cm³/mol. The van der Waals surface area contributed by atoms with Crippen LogP contribution in [0, 0.1) is 0 Å². The normalized spacial score (nSPS) is 10.4. The molecular formula is C16H17N5O4. The first kappa shape index (κ1) is 17.9. The van der Waals surface area contributed by atoms with E-state index in [0.717, 1.165) is 0 Å². The van der Waals surface area contributed by atoms with Crippen molar-refractivity contribution < 1.29 is 19.1 Å². The van der Waals surface area contributed by atoms with Gasteiger partial charge < -0.3 is 14.8 Å². The third-order valence-corrected chi connectivity index (χ3v) is 2.93. The van der Waals surface area contributed by atoms with Crippen LogP contribution in [-0.4, -0.2) is 31.2 Å². The van der Waals surface area contributed by atoms with Gasteiger partial charge in [-0.2, -0.15) is 0 Å². The quantitative estimate of drug-likeness (QED) is 0.804. The van der Waals surface area contributed by atoms with Gasteiger partial charge in [0.15, 0.2) is 5.82 Å². The van der Waals surface area contributed by atoms with Crippen molar-refractivity contribution in [1.29, 1.82) is 0 Å². The molecule has 2 amide bonds. The zero-order chi connectivity index (χ0) is 18.2. The number of hydrogen-bond donors (Lipinski definition) is 2. The number of rotatable bonds is 5. The number of amides is 2. The minimum Gasteiger partial charge on any atom is -0.494 e. The summed E-state index contributed by atoms with van der Waals surface area (Å²) in [5, 5.41) is 13.2. The highest BCUT2D eigenvalue weighted by Crippen LogP contribution is 2.31. The second kappa shape index (κ2) is 8.39. The molecule has 0 aliphatic carbocycles. The number of nitrogens with one attached hydrogen (secondary N) is 2. The fourth-order valence-electron chi connectivity index (χ4n) is 1.84. The van der Waals surface area contributed by atoms with E-state index in [2.05, 4.69) is 30.6 Å². The van der Waals surface area contributed by atoms with Crippen molar-refractivity contribution >= 4 is 35.0 Å². The Hall–Kier alpha value is -3.49. The highest BCUT2D eigenvalue weighted by Gasteiger charge is 2.11. The van der Waals surface area contributed by atoms with Crippen LogP contribution in [0.2, 0.25) is 0 Å². The molecule has 1 aromatic carbocycles. The number of benzene rings is 1. The van der Waals surface area contributed by atoms with E-state index in [0.29, 0.717) is 11.4 Å². The summed E-state index contributed by atoms with van der Waals surface area (Å²) in [5.74, 6) is 0.614. The van der Waals surface area contributed by atoms with Crippen molar-refractivity contribution in [2.24, 2.45) is 10.2 Å². The molecule has 0 atom stereocenters. The van der Waals surface area contributed by atoms with E-state index >= 15 is 0 Å². The van der Waals surface area contributed by atoms with Gasteiger partial charge in [0.1, 0.15) is 22.9 Å². The van der Waals surface area contributed by atoms with Gasteiger partial charge in [0.05, 0.1) is 14.2 Å². The molecular weight excluding hydrogens is 326 g/mol. The molecule has 9 nitrogen and oxygen atoms in total. The van der Waals surface area contributed by atoms with E-state index in [9.17, 15) is 9.59 Å². The number of anilines is 2. The molecule has 0 aliphatic heterocycles. The lowest BCUT2D eigenvalue weighted by Crippen LogP contribution is -2.14. The van der Waals surface area contributed by atoms with E-state index in [1.54, 1.807) is 30.3 Å². The second-order valence-electron chi connectivity index (χ2n) is 4.73. The van der Waals surface area contributed by atoms with Crippen LogP contribution in [0.5, 0.6) is 5.75 Å². The number of carbonyl (C=O) groups excluding carboxylic acids is 2. The van der Waals surface area contributed by atoms with Crippen molar-refractivity contribution in [2.75, 3.05) is 24.9 Å². The van der Waals surface area contributed by atoms with Crippen LogP contribution < -0.4 is 15.4 Å². The maximum Gasteiger partial charge on any atom is 0.412 e. The molecule has 0 bridgehead atoms. The topological polar surface area (TPSA) is 114 Å². The Morgan fingerprint density at radius 1 is 1.00 bits per heavy atom. The molecule has 0 aliphatic rings. The number of azo groups is 1. The van der Waals surface area contributed by atoms with Gasteiger partial charge in [0.2, 0.25) is 5.91 Å². The first-order valence-corrected chi connectivity index (χ1v) is 7.22. The Balaban J connectivity index is 2.36. The summed E-state index contributed by atoms with van der Waals surface area (Å²) in [5.41, 5.74) is 0.797. The lowest BCUT2D eigenvalue weighted by Gasteiger charge is -2.08.